The van der Waals surface area contributed by atoms with Crippen molar-refractivity contribution < 1.29 is 4.84 Å². The lowest BCUT2D eigenvalue weighted by Crippen LogP contribution is -2.24. The third-order valence-electron chi connectivity index (χ3n) is 1.46. The molecule has 0 fully saturated rings. The molecule has 0 saturated carbocycles. The third-order valence-corrected chi connectivity index (χ3v) is 3.60. The van der Waals surface area contributed by atoms with Crippen LogP contribution in [-0.2, 0) is 10.4 Å². The van der Waals surface area contributed by atoms with Crippen LogP contribution in [0.1, 0.15) is 18.7 Å². The fraction of sp³-hybridized carbons (Fsp3) is 0.429. The average molecular weight is 236 g/mol. The van der Waals surface area contributed by atoms with Gasteiger partial charge in [0.05, 0.1) is 4.88 Å². The molecule has 2 nitrogen and oxygen atoms in total. The van der Waals surface area contributed by atoms with E-state index < -0.39 is 5.60 Å². The molecule has 0 unspecified atom stereocenters. The van der Waals surface area contributed by atoms with E-state index in [0.717, 1.165) is 9.35 Å². The second kappa shape index (κ2) is 3.23. The first-order valence-electron chi connectivity index (χ1n) is 3.19. The minimum atomic E-state index is -0.396. The quantitative estimate of drug-likeness (QED) is 0.801. The number of nitrogens with two attached hydrogens (primary N) is 1. The average Bonchev–Trinajstić information content (AvgIpc) is 2.36. The molecule has 1 aromatic rings. The van der Waals surface area contributed by atoms with Gasteiger partial charge in [0.1, 0.15) is 5.60 Å². The van der Waals surface area contributed by atoms with Crippen LogP contribution in [0, 0.1) is 0 Å². The highest BCUT2D eigenvalue weighted by atomic mass is 79.9. The van der Waals surface area contributed by atoms with Crippen LogP contribution >= 0.6 is 27.3 Å². The smallest absolute Gasteiger partial charge is 0.119 e. The molecule has 0 aliphatic carbocycles. The van der Waals surface area contributed by atoms with Crippen molar-refractivity contribution in [3.8, 4) is 0 Å². The van der Waals surface area contributed by atoms with E-state index in [0.29, 0.717) is 0 Å². The summed E-state index contributed by atoms with van der Waals surface area (Å²) in [6.07, 6.45) is 0. The molecular formula is C7H10BrNOS. The van der Waals surface area contributed by atoms with Crippen molar-refractivity contribution in [2.75, 3.05) is 0 Å². The van der Waals surface area contributed by atoms with Gasteiger partial charge in [-0.3, -0.25) is 4.84 Å². The molecule has 62 valence electrons. The van der Waals surface area contributed by atoms with Crippen molar-refractivity contribution in [2.24, 2.45) is 5.90 Å². The highest BCUT2D eigenvalue weighted by molar-refractivity contribution is 9.10. The van der Waals surface area contributed by atoms with Gasteiger partial charge >= 0.3 is 0 Å². The lowest BCUT2D eigenvalue weighted by molar-refractivity contribution is -0.0213. The fourth-order valence-electron chi connectivity index (χ4n) is 0.777. The van der Waals surface area contributed by atoms with E-state index in [1.165, 1.54) is 0 Å². The summed E-state index contributed by atoms with van der Waals surface area (Å²) in [6.45, 7) is 3.87. The molecule has 0 atom stereocenters. The van der Waals surface area contributed by atoms with E-state index in [1.807, 2.05) is 25.3 Å². The van der Waals surface area contributed by atoms with Crippen molar-refractivity contribution >= 4 is 27.3 Å². The molecule has 1 aromatic heterocycles. The molecule has 0 aliphatic rings. The Morgan fingerprint density at radius 2 is 2.27 bits per heavy atom. The minimum absolute atomic E-state index is 0.396. The van der Waals surface area contributed by atoms with Crippen molar-refractivity contribution in [1.82, 2.24) is 0 Å². The second-order valence-corrected chi connectivity index (χ2v) is 4.50. The van der Waals surface area contributed by atoms with Gasteiger partial charge < -0.3 is 0 Å². The Bertz CT molecular complexity index is 246. The van der Waals surface area contributed by atoms with E-state index in [4.69, 9.17) is 10.7 Å². The highest BCUT2D eigenvalue weighted by Crippen LogP contribution is 2.34. The monoisotopic (exact) mass is 235 g/mol. The molecule has 0 amide bonds. The molecule has 2 N–H and O–H groups in total. The second-order valence-electron chi connectivity index (χ2n) is 2.73. The zero-order valence-electron chi connectivity index (χ0n) is 6.43. The first-order valence-corrected chi connectivity index (χ1v) is 4.86. The molecule has 1 rings (SSSR count). The molecule has 0 aliphatic heterocycles. The third kappa shape index (κ3) is 1.82. The van der Waals surface area contributed by atoms with E-state index in [2.05, 4.69) is 15.9 Å². The zero-order valence-corrected chi connectivity index (χ0v) is 8.83. The zero-order chi connectivity index (χ0) is 8.48. The van der Waals surface area contributed by atoms with Crippen LogP contribution < -0.4 is 5.90 Å². The van der Waals surface area contributed by atoms with Gasteiger partial charge in [-0.05, 0) is 41.2 Å². The summed E-state index contributed by atoms with van der Waals surface area (Å²) in [5.74, 6) is 5.15. The summed E-state index contributed by atoms with van der Waals surface area (Å²) in [4.78, 5) is 5.95. The Balaban J connectivity index is 3.00. The molecular weight excluding hydrogens is 226 g/mol. The first-order chi connectivity index (χ1) is 5.08. The standard InChI is InChI=1S/C7H10BrNOS/c1-7(2,10-9)6-5(8)3-4-11-6/h3-4H,9H2,1-2H3. The van der Waals surface area contributed by atoms with Crippen LogP contribution in [0.3, 0.4) is 0 Å². The lowest BCUT2D eigenvalue weighted by atomic mass is 10.1. The van der Waals surface area contributed by atoms with Crippen molar-refractivity contribution in [2.45, 2.75) is 19.4 Å². The summed E-state index contributed by atoms with van der Waals surface area (Å²) >= 11 is 5.05. The van der Waals surface area contributed by atoms with Gasteiger partial charge in [-0.2, -0.15) is 0 Å². The summed E-state index contributed by atoms with van der Waals surface area (Å²) < 4.78 is 1.05. The van der Waals surface area contributed by atoms with Gasteiger partial charge in [0.25, 0.3) is 0 Å². The van der Waals surface area contributed by atoms with E-state index in [1.54, 1.807) is 11.3 Å². The molecule has 0 spiro atoms. The van der Waals surface area contributed by atoms with Crippen LogP contribution in [0.5, 0.6) is 0 Å². The van der Waals surface area contributed by atoms with Crippen LogP contribution in [0.4, 0.5) is 0 Å². The van der Waals surface area contributed by atoms with E-state index in [-0.39, 0.29) is 0 Å². The van der Waals surface area contributed by atoms with Crippen molar-refractivity contribution in [1.29, 1.82) is 0 Å². The van der Waals surface area contributed by atoms with Crippen LogP contribution in [0.15, 0.2) is 15.9 Å². The van der Waals surface area contributed by atoms with Gasteiger partial charge in [0.2, 0.25) is 0 Å². The maximum Gasteiger partial charge on any atom is 0.119 e. The van der Waals surface area contributed by atoms with Crippen LogP contribution in [-0.4, -0.2) is 0 Å². The Kier molecular flexibility index (Phi) is 2.70. The topological polar surface area (TPSA) is 35.2 Å². The number of rotatable bonds is 2. The molecule has 0 radical (unpaired) electrons. The van der Waals surface area contributed by atoms with Gasteiger partial charge in [-0.1, -0.05) is 0 Å². The van der Waals surface area contributed by atoms with Crippen LogP contribution in [0.25, 0.3) is 0 Å². The van der Waals surface area contributed by atoms with Crippen molar-refractivity contribution in [3.63, 3.8) is 0 Å². The minimum Gasteiger partial charge on any atom is -0.293 e. The number of hydrogen-bond donors (Lipinski definition) is 1. The summed E-state index contributed by atoms with van der Waals surface area (Å²) in [6, 6.07) is 1.99. The summed E-state index contributed by atoms with van der Waals surface area (Å²) in [5.41, 5.74) is -0.396. The Labute approximate surface area is 78.4 Å². The van der Waals surface area contributed by atoms with Crippen molar-refractivity contribution in [3.05, 3.63) is 20.8 Å². The summed E-state index contributed by atoms with van der Waals surface area (Å²) in [7, 11) is 0. The normalized spacial score (nSPS) is 12.0. The first kappa shape index (κ1) is 9.19. The summed E-state index contributed by atoms with van der Waals surface area (Å²) in [5, 5.41) is 2.00. The maximum atomic E-state index is 5.15. The molecule has 0 aromatic carbocycles. The molecule has 0 saturated heterocycles. The van der Waals surface area contributed by atoms with Gasteiger partial charge in [0, 0.05) is 4.47 Å². The molecule has 4 heteroatoms. The van der Waals surface area contributed by atoms with Gasteiger partial charge in [0.15, 0.2) is 0 Å². The fourth-order valence-corrected chi connectivity index (χ4v) is 2.69. The largest absolute Gasteiger partial charge is 0.293 e. The SMILES string of the molecule is CC(C)(ON)c1sccc1Br. The molecule has 1 heterocycles. The van der Waals surface area contributed by atoms with Gasteiger partial charge in [-0.25, -0.2) is 5.90 Å². The Morgan fingerprint density at radius 1 is 1.64 bits per heavy atom. The Hall–Kier alpha value is 0.100. The Morgan fingerprint density at radius 3 is 2.64 bits per heavy atom. The predicted molar refractivity (Wildman–Crippen MR) is 50.3 cm³/mol. The molecule has 0 bridgehead atoms. The molecule has 11 heavy (non-hydrogen) atoms. The highest BCUT2D eigenvalue weighted by Gasteiger charge is 2.24. The maximum absolute atomic E-state index is 5.15. The lowest BCUT2D eigenvalue weighted by Gasteiger charge is -2.20. The number of halogens is 1. The van der Waals surface area contributed by atoms with Crippen LogP contribution in [0.2, 0.25) is 0 Å². The van der Waals surface area contributed by atoms with E-state index >= 15 is 0 Å². The predicted octanol–water partition coefficient (Wildman–Crippen LogP) is 2.64. The van der Waals surface area contributed by atoms with E-state index in [9.17, 15) is 0 Å². The number of thiophene rings is 1. The number of hydrogen-bond acceptors (Lipinski definition) is 3. The van der Waals surface area contributed by atoms with Gasteiger partial charge in [-0.15, -0.1) is 11.3 Å².